The van der Waals surface area contributed by atoms with E-state index < -0.39 is 0 Å². The van der Waals surface area contributed by atoms with Gasteiger partial charge in [0.1, 0.15) is 5.69 Å². The van der Waals surface area contributed by atoms with E-state index in [2.05, 4.69) is 20.9 Å². The number of thiazole rings is 1. The third-order valence-corrected chi connectivity index (χ3v) is 3.98. The third kappa shape index (κ3) is 4.65. The maximum Gasteiger partial charge on any atom is 0.275 e. The molecule has 0 aliphatic heterocycles. The Bertz CT molecular complexity index is 876. The number of benzene rings is 2. The molecular weight excluding hydrogens is 336 g/mol. The molecule has 3 rings (SSSR count). The van der Waals surface area contributed by atoms with Crippen LogP contribution in [-0.2, 0) is 4.79 Å². The molecule has 3 aromatic rings. The number of rotatable bonds is 5. The molecule has 0 aliphatic rings. The first-order valence-corrected chi connectivity index (χ1v) is 8.45. The van der Waals surface area contributed by atoms with Crippen molar-refractivity contribution in [2.75, 3.05) is 16.0 Å². The average molecular weight is 352 g/mol. The van der Waals surface area contributed by atoms with Gasteiger partial charge in [0.15, 0.2) is 5.13 Å². The largest absolute Gasteiger partial charge is 0.332 e. The number of hydrogen-bond acceptors (Lipinski definition) is 5. The second kappa shape index (κ2) is 7.59. The summed E-state index contributed by atoms with van der Waals surface area (Å²) >= 11 is 1.36. The second-order valence-corrected chi connectivity index (χ2v) is 6.10. The third-order valence-electron chi connectivity index (χ3n) is 3.23. The highest BCUT2D eigenvalue weighted by Crippen LogP contribution is 2.21. The molecule has 0 spiro atoms. The highest BCUT2D eigenvalue weighted by atomic mass is 32.1. The van der Waals surface area contributed by atoms with E-state index in [4.69, 9.17) is 0 Å². The molecule has 0 bridgehead atoms. The van der Waals surface area contributed by atoms with E-state index in [1.165, 1.54) is 18.3 Å². The van der Waals surface area contributed by atoms with Gasteiger partial charge >= 0.3 is 0 Å². The van der Waals surface area contributed by atoms with Gasteiger partial charge in [-0.15, -0.1) is 11.3 Å². The maximum absolute atomic E-state index is 12.3. The first-order chi connectivity index (χ1) is 12.1. The van der Waals surface area contributed by atoms with E-state index in [9.17, 15) is 9.59 Å². The molecule has 6 nitrogen and oxygen atoms in total. The zero-order chi connectivity index (χ0) is 17.6. The summed E-state index contributed by atoms with van der Waals surface area (Å²) in [5, 5.41) is 11.0. The fourth-order valence-corrected chi connectivity index (χ4v) is 2.83. The van der Waals surface area contributed by atoms with Gasteiger partial charge in [-0.3, -0.25) is 9.59 Å². The van der Waals surface area contributed by atoms with E-state index in [1.807, 2.05) is 30.3 Å². The van der Waals surface area contributed by atoms with Crippen LogP contribution in [0.5, 0.6) is 0 Å². The van der Waals surface area contributed by atoms with Crippen molar-refractivity contribution >= 4 is 45.3 Å². The molecule has 1 aromatic heterocycles. The molecular formula is C18H16N4O2S. The van der Waals surface area contributed by atoms with Crippen molar-refractivity contribution in [2.24, 2.45) is 0 Å². The van der Waals surface area contributed by atoms with E-state index in [0.29, 0.717) is 22.2 Å². The molecule has 1 heterocycles. The molecule has 0 aliphatic carbocycles. The molecule has 0 saturated carbocycles. The molecule has 0 radical (unpaired) electrons. The minimum atomic E-state index is -0.287. The molecule has 7 heteroatoms. The Morgan fingerprint density at radius 3 is 2.16 bits per heavy atom. The quantitative estimate of drug-likeness (QED) is 0.646. The summed E-state index contributed by atoms with van der Waals surface area (Å²) in [5.74, 6) is -0.428. The minimum Gasteiger partial charge on any atom is -0.332 e. The number of carbonyl (C=O) groups is 2. The highest BCUT2D eigenvalue weighted by molar-refractivity contribution is 7.14. The van der Waals surface area contributed by atoms with E-state index >= 15 is 0 Å². The summed E-state index contributed by atoms with van der Waals surface area (Å²) < 4.78 is 0. The number of para-hydroxylation sites is 1. The smallest absolute Gasteiger partial charge is 0.275 e. The standard InChI is InChI=1S/C18H16N4O2S/c1-12(23)19-14-7-9-15(10-8-14)20-17(24)16-11-25-18(22-16)21-13-5-3-2-4-6-13/h2-11H,1H3,(H,19,23)(H,20,24)(H,21,22). The minimum absolute atomic E-state index is 0.141. The monoisotopic (exact) mass is 352 g/mol. The second-order valence-electron chi connectivity index (χ2n) is 5.24. The molecule has 0 unspecified atom stereocenters. The Labute approximate surface area is 148 Å². The SMILES string of the molecule is CC(=O)Nc1ccc(NC(=O)c2csc(Nc3ccccc3)n2)cc1. The van der Waals surface area contributed by atoms with Gasteiger partial charge in [-0.05, 0) is 36.4 Å². The molecule has 0 atom stereocenters. The number of nitrogens with one attached hydrogen (secondary N) is 3. The van der Waals surface area contributed by atoms with Gasteiger partial charge in [0.05, 0.1) is 0 Å². The van der Waals surface area contributed by atoms with Gasteiger partial charge in [-0.2, -0.15) is 0 Å². The van der Waals surface area contributed by atoms with Crippen LogP contribution in [0.1, 0.15) is 17.4 Å². The summed E-state index contributed by atoms with van der Waals surface area (Å²) in [4.78, 5) is 27.6. The van der Waals surface area contributed by atoms with Gasteiger partial charge in [0, 0.05) is 29.4 Å². The average Bonchev–Trinajstić information content (AvgIpc) is 3.06. The van der Waals surface area contributed by atoms with Crippen LogP contribution in [-0.4, -0.2) is 16.8 Å². The lowest BCUT2D eigenvalue weighted by Gasteiger charge is -2.05. The first kappa shape index (κ1) is 16.7. The topological polar surface area (TPSA) is 83.1 Å². The molecule has 2 amide bonds. The van der Waals surface area contributed by atoms with E-state index in [-0.39, 0.29) is 11.8 Å². The van der Waals surface area contributed by atoms with Crippen molar-refractivity contribution in [3.05, 3.63) is 65.7 Å². The van der Waals surface area contributed by atoms with E-state index in [0.717, 1.165) is 5.69 Å². The number of hydrogen-bond donors (Lipinski definition) is 3. The first-order valence-electron chi connectivity index (χ1n) is 7.57. The van der Waals surface area contributed by atoms with Crippen LogP contribution >= 0.6 is 11.3 Å². The molecule has 0 fully saturated rings. The molecule has 25 heavy (non-hydrogen) atoms. The number of nitrogens with zero attached hydrogens (tertiary/aromatic N) is 1. The van der Waals surface area contributed by atoms with Gasteiger partial charge < -0.3 is 16.0 Å². The predicted octanol–water partition coefficient (Wildman–Crippen LogP) is 4.10. The zero-order valence-electron chi connectivity index (χ0n) is 13.4. The van der Waals surface area contributed by atoms with Crippen molar-refractivity contribution in [1.29, 1.82) is 0 Å². The Kier molecular flexibility index (Phi) is 5.06. The number of amides is 2. The van der Waals surface area contributed by atoms with Crippen LogP contribution in [0.3, 0.4) is 0 Å². The number of aromatic nitrogens is 1. The van der Waals surface area contributed by atoms with Crippen molar-refractivity contribution in [2.45, 2.75) is 6.92 Å². The number of carbonyl (C=O) groups excluding carboxylic acids is 2. The lowest BCUT2D eigenvalue weighted by atomic mass is 10.2. The Balaban J connectivity index is 1.62. The lowest BCUT2D eigenvalue weighted by Crippen LogP contribution is -2.12. The van der Waals surface area contributed by atoms with Crippen molar-refractivity contribution in [3.8, 4) is 0 Å². The fraction of sp³-hybridized carbons (Fsp3) is 0.0556. The van der Waals surface area contributed by atoms with E-state index in [1.54, 1.807) is 29.6 Å². The fourth-order valence-electron chi connectivity index (χ4n) is 2.12. The maximum atomic E-state index is 12.3. The summed E-state index contributed by atoms with van der Waals surface area (Å²) in [6.07, 6.45) is 0. The van der Waals surface area contributed by atoms with Gasteiger partial charge in [0.2, 0.25) is 5.91 Å². The van der Waals surface area contributed by atoms with Gasteiger partial charge in [0.25, 0.3) is 5.91 Å². The molecule has 2 aromatic carbocycles. The summed E-state index contributed by atoms with van der Waals surface area (Å²) in [6, 6.07) is 16.5. The zero-order valence-corrected chi connectivity index (χ0v) is 14.3. The number of anilines is 4. The van der Waals surface area contributed by atoms with Gasteiger partial charge in [-0.25, -0.2) is 4.98 Å². The van der Waals surface area contributed by atoms with Crippen LogP contribution < -0.4 is 16.0 Å². The summed E-state index contributed by atoms with van der Waals surface area (Å²) in [7, 11) is 0. The van der Waals surface area contributed by atoms with Crippen molar-refractivity contribution in [1.82, 2.24) is 4.98 Å². The van der Waals surface area contributed by atoms with Crippen LogP contribution in [0.4, 0.5) is 22.2 Å². The van der Waals surface area contributed by atoms with Gasteiger partial charge in [-0.1, -0.05) is 18.2 Å². The summed E-state index contributed by atoms with van der Waals surface area (Å²) in [6.45, 7) is 1.44. The Morgan fingerprint density at radius 1 is 0.880 bits per heavy atom. The van der Waals surface area contributed by atoms with Crippen LogP contribution in [0.25, 0.3) is 0 Å². The Morgan fingerprint density at radius 2 is 1.52 bits per heavy atom. The van der Waals surface area contributed by atoms with Crippen molar-refractivity contribution in [3.63, 3.8) is 0 Å². The Hall–Kier alpha value is -3.19. The predicted molar refractivity (Wildman–Crippen MR) is 101 cm³/mol. The van der Waals surface area contributed by atoms with Crippen molar-refractivity contribution < 1.29 is 9.59 Å². The van der Waals surface area contributed by atoms with Crippen LogP contribution in [0.15, 0.2) is 60.0 Å². The molecule has 126 valence electrons. The summed E-state index contributed by atoms with van der Waals surface area (Å²) in [5.41, 5.74) is 2.56. The lowest BCUT2D eigenvalue weighted by molar-refractivity contribution is -0.114. The van der Waals surface area contributed by atoms with Crippen LogP contribution in [0, 0.1) is 0 Å². The van der Waals surface area contributed by atoms with Crippen LogP contribution in [0.2, 0.25) is 0 Å². The molecule has 0 saturated heterocycles. The highest BCUT2D eigenvalue weighted by Gasteiger charge is 2.11. The molecule has 3 N–H and O–H groups in total. The normalized spacial score (nSPS) is 10.1.